The first kappa shape index (κ1) is 33.8. The molecule has 1 aliphatic rings. The van der Waals surface area contributed by atoms with Crippen molar-refractivity contribution in [3.8, 4) is 33.4 Å². The van der Waals surface area contributed by atoms with Crippen LogP contribution >= 0.6 is 0 Å². The fraction of sp³-hybridized carbons (Fsp3) is 0.0175. The van der Waals surface area contributed by atoms with Gasteiger partial charge in [0.15, 0.2) is 0 Å². The maximum absolute atomic E-state index is 2.52. The molecular weight excluding hydrogens is 699 g/mol. The molecule has 272 valence electrons. The molecule has 0 fully saturated rings. The molecule has 0 saturated carbocycles. The van der Waals surface area contributed by atoms with Crippen LogP contribution in [-0.4, -0.2) is 0 Å². The minimum Gasteiger partial charge on any atom is -0.309 e. The Labute approximate surface area is 339 Å². The lowest BCUT2D eigenvalue weighted by molar-refractivity contribution is 0.768. The third-order valence-corrected chi connectivity index (χ3v) is 12.1. The van der Waals surface area contributed by atoms with E-state index in [1.165, 1.54) is 77.2 Å². The van der Waals surface area contributed by atoms with Gasteiger partial charge < -0.3 is 4.90 Å². The lowest BCUT2D eigenvalue weighted by atomic mass is 9.67. The maximum atomic E-state index is 2.52. The van der Waals surface area contributed by atoms with Gasteiger partial charge >= 0.3 is 0 Å². The van der Waals surface area contributed by atoms with Crippen LogP contribution in [0.2, 0.25) is 0 Å². The maximum Gasteiger partial charge on any atom is 0.0714 e. The molecular formula is C57H39N. The predicted octanol–water partition coefficient (Wildman–Crippen LogP) is 15.2. The van der Waals surface area contributed by atoms with Crippen molar-refractivity contribution in [3.63, 3.8) is 0 Å². The van der Waals surface area contributed by atoms with Gasteiger partial charge in [-0.2, -0.15) is 0 Å². The van der Waals surface area contributed by atoms with E-state index in [2.05, 4.69) is 241 Å². The van der Waals surface area contributed by atoms with E-state index < -0.39 is 5.41 Å². The molecule has 0 radical (unpaired) electrons. The van der Waals surface area contributed by atoms with E-state index in [0.29, 0.717) is 0 Å². The van der Waals surface area contributed by atoms with Gasteiger partial charge in [0.1, 0.15) is 0 Å². The summed E-state index contributed by atoms with van der Waals surface area (Å²) in [6.45, 7) is 0. The minimum absolute atomic E-state index is 0.527. The zero-order valence-electron chi connectivity index (χ0n) is 32.0. The first-order valence-corrected chi connectivity index (χ1v) is 20.1. The van der Waals surface area contributed by atoms with Crippen LogP contribution in [0.4, 0.5) is 17.1 Å². The van der Waals surface area contributed by atoms with Gasteiger partial charge in [0, 0.05) is 22.3 Å². The first-order chi connectivity index (χ1) is 28.8. The number of hydrogen-bond acceptors (Lipinski definition) is 1. The minimum atomic E-state index is -0.527. The van der Waals surface area contributed by atoms with E-state index in [-0.39, 0.29) is 0 Å². The van der Waals surface area contributed by atoms with E-state index >= 15 is 0 Å². The Morgan fingerprint density at radius 3 is 1.38 bits per heavy atom. The summed E-state index contributed by atoms with van der Waals surface area (Å²) in [6, 6.07) is 86.9. The molecule has 0 amide bonds. The SMILES string of the molecule is c1ccc(-c2ccc(N(c3ccc4c(c3)C(c3ccccc3)(c3ccccc3)c3ccccc3-4)c3c(-c4ccccc4)c4ccccc4c4ccccc34)cc2)cc1. The van der Waals surface area contributed by atoms with Gasteiger partial charge in [0.05, 0.1) is 11.1 Å². The smallest absolute Gasteiger partial charge is 0.0714 e. The Kier molecular flexibility index (Phi) is 8.12. The molecule has 0 spiro atoms. The summed E-state index contributed by atoms with van der Waals surface area (Å²) < 4.78 is 0. The quantitative estimate of drug-likeness (QED) is 0.147. The van der Waals surface area contributed by atoms with Gasteiger partial charge in [-0.3, -0.25) is 0 Å². The van der Waals surface area contributed by atoms with Crippen molar-refractivity contribution in [2.24, 2.45) is 0 Å². The molecule has 11 rings (SSSR count). The van der Waals surface area contributed by atoms with E-state index in [4.69, 9.17) is 0 Å². The highest BCUT2D eigenvalue weighted by molar-refractivity contribution is 6.22. The zero-order chi connectivity index (χ0) is 38.5. The van der Waals surface area contributed by atoms with E-state index in [9.17, 15) is 0 Å². The number of hydrogen-bond donors (Lipinski definition) is 0. The second-order valence-corrected chi connectivity index (χ2v) is 15.2. The van der Waals surface area contributed by atoms with E-state index in [0.717, 1.165) is 17.1 Å². The highest BCUT2D eigenvalue weighted by Gasteiger charge is 2.46. The number of fused-ring (bicyclic) bond motifs is 6. The monoisotopic (exact) mass is 737 g/mol. The first-order valence-electron chi connectivity index (χ1n) is 20.1. The van der Waals surface area contributed by atoms with Crippen LogP contribution in [0.1, 0.15) is 22.3 Å². The second-order valence-electron chi connectivity index (χ2n) is 15.2. The standard InChI is InChI=1S/C57H39N/c1-5-19-40(20-6-1)41-33-35-45(36-34-41)58(56-52-31-16-14-28-48(52)47-27-13-15-30-51(47)55(56)42-21-7-2-8-22-42)46-37-38-50-49-29-17-18-32-53(49)57(54(50)39-46,43-23-9-3-10-24-43)44-25-11-4-12-26-44/h1-39H. The number of rotatable bonds is 7. The van der Waals surface area contributed by atoms with Gasteiger partial charge in [0.2, 0.25) is 0 Å². The van der Waals surface area contributed by atoms with Crippen molar-refractivity contribution < 1.29 is 0 Å². The number of nitrogens with zero attached hydrogens (tertiary/aromatic N) is 1. The van der Waals surface area contributed by atoms with Crippen LogP contribution in [0.15, 0.2) is 237 Å². The summed E-state index contributed by atoms with van der Waals surface area (Å²) in [5, 5.41) is 4.91. The Morgan fingerprint density at radius 1 is 0.293 bits per heavy atom. The highest BCUT2D eigenvalue weighted by atomic mass is 15.1. The Balaban J connectivity index is 1.26. The second kappa shape index (κ2) is 13.9. The summed E-state index contributed by atoms with van der Waals surface area (Å²) >= 11 is 0. The molecule has 0 bridgehead atoms. The molecule has 0 heterocycles. The van der Waals surface area contributed by atoms with Gasteiger partial charge in [-0.05, 0) is 90.5 Å². The summed E-state index contributed by atoms with van der Waals surface area (Å²) in [5.74, 6) is 0. The lowest BCUT2D eigenvalue weighted by Crippen LogP contribution is -2.28. The Hall–Kier alpha value is -7.48. The molecule has 1 heteroatoms. The fourth-order valence-corrected chi connectivity index (χ4v) is 9.66. The van der Waals surface area contributed by atoms with Crippen LogP contribution in [0.25, 0.3) is 54.9 Å². The van der Waals surface area contributed by atoms with Gasteiger partial charge in [-0.25, -0.2) is 0 Å². The summed E-state index contributed by atoms with van der Waals surface area (Å²) in [5.41, 5.74) is 15.2. The van der Waals surface area contributed by atoms with Gasteiger partial charge in [-0.1, -0.05) is 212 Å². The molecule has 0 saturated heterocycles. The molecule has 0 N–H and O–H groups in total. The van der Waals surface area contributed by atoms with Gasteiger partial charge in [-0.15, -0.1) is 0 Å². The number of anilines is 3. The molecule has 1 nitrogen and oxygen atoms in total. The topological polar surface area (TPSA) is 3.24 Å². The van der Waals surface area contributed by atoms with Crippen molar-refractivity contribution >= 4 is 38.6 Å². The third kappa shape index (κ3) is 5.25. The molecule has 10 aromatic rings. The molecule has 10 aromatic carbocycles. The summed E-state index contributed by atoms with van der Waals surface area (Å²) in [6.07, 6.45) is 0. The zero-order valence-corrected chi connectivity index (χ0v) is 32.0. The van der Waals surface area contributed by atoms with E-state index in [1.54, 1.807) is 0 Å². The normalized spacial score (nSPS) is 12.6. The van der Waals surface area contributed by atoms with Gasteiger partial charge in [0.25, 0.3) is 0 Å². The van der Waals surface area contributed by atoms with Crippen molar-refractivity contribution in [1.29, 1.82) is 0 Å². The number of benzene rings is 10. The van der Waals surface area contributed by atoms with E-state index in [1.807, 2.05) is 0 Å². The molecule has 0 atom stereocenters. The lowest BCUT2D eigenvalue weighted by Gasteiger charge is -2.35. The van der Waals surface area contributed by atoms with Crippen molar-refractivity contribution in [1.82, 2.24) is 0 Å². The molecule has 0 unspecified atom stereocenters. The third-order valence-electron chi connectivity index (χ3n) is 12.1. The average Bonchev–Trinajstić information content (AvgIpc) is 3.61. The van der Waals surface area contributed by atoms with Crippen LogP contribution in [0.5, 0.6) is 0 Å². The average molecular weight is 738 g/mol. The molecule has 0 aromatic heterocycles. The van der Waals surface area contributed by atoms with Crippen LogP contribution < -0.4 is 4.90 Å². The molecule has 58 heavy (non-hydrogen) atoms. The Bertz CT molecular complexity index is 3040. The fourth-order valence-electron chi connectivity index (χ4n) is 9.66. The highest BCUT2D eigenvalue weighted by Crippen LogP contribution is 2.58. The largest absolute Gasteiger partial charge is 0.309 e. The van der Waals surface area contributed by atoms with Crippen LogP contribution in [0, 0.1) is 0 Å². The van der Waals surface area contributed by atoms with Crippen molar-refractivity contribution in [3.05, 3.63) is 259 Å². The van der Waals surface area contributed by atoms with Crippen molar-refractivity contribution in [2.75, 3.05) is 4.90 Å². The summed E-state index contributed by atoms with van der Waals surface area (Å²) in [4.78, 5) is 2.52. The van der Waals surface area contributed by atoms with Crippen LogP contribution in [0.3, 0.4) is 0 Å². The van der Waals surface area contributed by atoms with Crippen molar-refractivity contribution in [2.45, 2.75) is 5.41 Å². The Morgan fingerprint density at radius 2 is 0.741 bits per heavy atom. The predicted molar refractivity (Wildman–Crippen MR) is 244 cm³/mol. The molecule has 1 aliphatic carbocycles. The molecule has 0 aliphatic heterocycles. The van der Waals surface area contributed by atoms with Crippen LogP contribution in [-0.2, 0) is 5.41 Å². The summed E-state index contributed by atoms with van der Waals surface area (Å²) in [7, 11) is 0.